The van der Waals surface area contributed by atoms with Crippen molar-refractivity contribution < 1.29 is 13.9 Å². The second kappa shape index (κ2) is 13.5. The van der Waals surface area contributed by atoms with E-state index in [1.165, 1.54) is 12.8 Å². The van der Waals surface area contributed by atoms with Crippen LogP contribution in [0.15, 0.2) is 27.8 Å². The zero-order valence-electron chi connectivity index (χ0n) is 17.8. The van der Waals surface area contributed by atoms with Gasteiger partial charge < -0.3 is 24.1 Å². The monoisotopic (exact) mass is 520 g/mol. The Bertz CT molecular complexity index is 570. The van der Waals surface area contributed by atoms with Crippen molar-refractivity contribution in [3.8, 4) is 0 Å². The molecule has 2 fully saturated rings. The average molecular weight is 520 g/mol. The number of guanidine groups is 1. The number of hydrogen-bond acceptors (Lipinski definition) is 5. The largest absolute Gasteiger partial charge is 0.468 e. The Morgan fingerprint density at radius 1 is 1.24 bits per heavy atom. The predicted molar refractivity (Wildman–Crippen MR) is 126 cm³/mol. The number of furan rings is 1. The summed E-state index contributed by atoms with van der Waals surface area (Å²) in [5.74, 6) is 2.02. The predicted octanol–water partition coefficient (Wildman–Crippen LogP) is 3.13. The third kappa shape index (κ3) is 7.41. The molecule has 0 saturated carbocycles. The van der Waals surface area contributed by atoms with Crippen LogP contribution in [0, 0.1) is 0 Å². The molecule has 1 N–H and O–H groups in total. The zero-order chi connectivity index (χ0) is 19.6. The van der Waals surface area contributed by atoms with E-state index < -0.39 is 0 Å². The molecule has 0 bridgehead atoms. The maximum Gasteiger partial charge on any atom is 0.193 e. The van der Waals surface area contributed by atoms with E-state index in [0.29, 0.717) is 6.10 Å². The summed E-state index contributed by atoms with van der Waals surface area (Å²) < 4.78 is 16.8. The Balaban J connectivity index is 0.00000300. The molecule has 2 saturated heterocycles. The minimum absolute atomic E-state index is 0. The van der Waals surface area contributed by atoms with Gasteiger partial charge >= 0.3 is 0 Å². The highest BCUT2D eigenvalue weighted by Crippen LogP contribution is 2.25. The Labute approximate surface area is 192 Å². The molecule has 29 heavy (non-hydrogen) atoms. The molecule has 1 aromatic heterocycles. The van der Waals surface area contributed by atoms with Crippen LogP contribution in [-0.4, -0.2) is 82.0 Å². The summed E-state index contributed by atoms with van der Waals surface area (Å²) in [6.07, 6.45) is 7.71. The third-order valence-corrected chi connectivity index (χ3v) is 5.71. The van der Waals surface area contributed by atoms with E-state index in [2.05, 4.69) is 26.2 Å². The van der Waals surface area contributed by atoms with E-state index in [1.54, 1.807) is 13.4 Å². The summed E-state index contributed by atoms with van der Waals surface area (Å²) >= 11 is 0. The lowest BCUT2D eigenvalue weighted by Gasteiger charge is -2.35. The van der Waals surface area contributed by atoms with Crippen LogP contribution in [0.3, 0.4) is 0 Å². The SMILES string of the molecule is CN=C(NCC(c1ccco1)N1CCCC1)N1CCC(OCCCOC)CC1.I. The minimum atomic E-state index is 0. The lowest BCUT2D eigenvalue weighted by Crippen LogP contribution is -2.49. The molecular formula is C21H37IN4O3. The molecule has 0 radical (unpaired) electrons. The van der Waals surface area contributed by atoms with Crippen LogP contribution < -0.4 is 5.32 Å². The normalized spacial score (nSPS) is 19.9. The first kappa shape index (κ1) is 24.4. The fourth-order valence-electron chi connectivity index (χ4n) is 4.15. The number of nitrogens with zero attached hydrogens (tertiary/aromatic N) is 3. The fraction of sp³-hybridized carbons (Fsp3) is 0.762. The smallest absolute Gasteiger partial charge is 0.193 e. The van der Waals surface area contributed by atoms with E-state index in [9.17, 15) is 0 Å². The number of halogens is 1. The van der Waals surface area contributed by atoms with Crippen LogP contribution >= 0.6 is 24.0 Å². The quantitative estimate of drug-likeness (QED) is 0.234. The molecule has 3 heterocycles. The second-order valence-corrected chi connectivity index (χ2v) is 7.61. The van der Waals surface area contributed by atoms with Crippen molar-refractivity contribution in [1.82, 2.24) is 15.1 Å². The Morgan fingerprint density at radius 3 is 2.62 bits per heavy atom. The highest BCUT2D eigenvalue weighted by molar-refractivity contribution is 14.0. The molecule has 1 unspecified atom stereocenters. The van der Waals surface area contributed by atoms with Gasteiger partial charge in [-0.05, 0) is 57.3 Å². The number of methoxy groups -OCH3 is 1. The molecule has 3 rings (SSSR count). The first-order valence-electron chi connectivity index (χ1n) is 10.7. The van der Waals surface area contributed by atoms with Gasteiger partial charge in [0, 0.05) is 47.0 Å². The summed E-state index contributed by atoms with van der Waals surface area (Å²) in [5.41, 5.74) is 0. The van der Waals surface area contributed by atoms with E-state index >= 15 is 0 Å². The average Bonchev–Trinajstić information content (AvgIpc) is 3.44. The van der Waals surface area contributed by atoms with Crippen LogP contribution in [0.5, 0.6) is 0 Å². The third-order valence-electron chi connectivity index (χ3n) is 5.71. The van der Waals surface area contributed by atoms with Crippen molar-refractivity contribution >= 4 is 29.9 Å². The first-order chi connectivity index (χ1) is 13.8. The summed E-state index contributed by atoms with van der Waals surface area (Å²) in [6, 6.07) is 4.32. The Hall–Kier alpha value is -0.840. The van der Waals surface area contributed by atoms with Crippen molar-refractivity contribution in [3.05, 3.63) is 24.2 Å². The molecular weight excluding hydrogens is 483 g/mol. The molecule has 2 aliphatic heterocycles. The Kier molecular flexibility index (Phi) is 11.3. The van der Waals surface area contributed by atoms with Crippen LogP contribution in [0.1, 0.15) is 43.9 Å². The topological polar surface area (TPSA) is 62.5 Å². The summed E-state index contributed by atoms with van der Waals surface area (Å²) in [5, 5.41) is 3.60. The number of rotatable bonds is 9. The summed E-state index contributed by atoms with van der Waals surface area (Å²) in [7, 11) is 3.60. The number of ether oxygens (including phenoxy) is 2. The lowest BCUT2D eigenvalue weighted by atomic mass is 10.1. The van der Waals surface area contributed by atoms with Crippen LogP contribution in [0.25, 0.3) is 0 Å². The van der Waals surface area contributed by atoms with E-state index in [-0.39, 0.29) is 30.0 Å². The Morgan fingerprint density at radius 2 is 2.00 bits per heavy atom. The van der Waals surface area contributed by atoms with Gasteiger partial charge in [-0.3, -0.25) is 9.89 Å². The fourth-order valence-corrected chi connectivity index (χ4v) is 4.15. The van der Waals surface area contributed by atoms with E-state index in [1.807, 2.05) is 13.1 Å². The van der Waals surface area contributed by atoms with Crippen molar-refractivity contribution in [2.45, 2.75) is 44.2 Å². The molecule has 0 aliphatic carbocycles. The molecule has 1 aromatic rings. The highest BCUT2D eigenvalue weighted by Gasteiger charge is 2.27. The number of likely N-dealkylation sites (tertiary alicyclic amines) is 2. The van der Waals surface area contributed by atoms with Crippen LogP contribution in [0.4, 0.5) is 0 Å². The van der Waals surface area contributed by atoms with Gasteiger partial charge in [0.1, 0.15) is 5.76 Å². The van der Waals surface area contributed by atoms with Crippen molar-refractivity contribution in [3.63, 3.8) is 0 Å². The van der Waals surface area contributed by atoms with Gasteiger partial charge in [0.05, 0.1) is 18.4 Å². The van der Waals surface area contributed by atoms with Gasteiger partial charge in [0.2, 0.25) is 0 Å². The van der Waals surface area contributed by atoms with Crippen LogP contribution in [0.2, 0.25) is 0 Å². The standard InChI is InChI=1S/C21H36N4O3.HI/c1-22-21(25-12-8-18(9-13-25)27-16-6-14-26-2)23-17-19(20-7-5-15-28-20)24-10-3-4-11-24;/h5,7,15,18-19H,3-4,6,8-14,16-17H2,1-2H3,(H,22,23);1H. The summed E-state index contributed by atoms with van der Waals surface area (Å²) in [4.78, 5) is 9.39. The zero-order valence-corrected chi connectivity index (χ0v) is 20.2. The molecule has 0 amide bonds. The molecule has 8 heteroatoms. The molecule has 0 spiro atoms. The summed E-state index contributed by atoms with van der Waals surface area (Å²) in [6.45, 7) is 6.59. The molecule has 1 atom stereocenters. The number of hydrogen-bond donors (Lipinski definition) is 1. The van der Waals surface area contributed by atoms with Crippen molar-refractivity contribution in [2.75, 3.05) is 60.1 Å². The molecule has 166 valence electrons. The van der Waals surface area contributed by atoms with Gasteiger partial charge in [-0.2, -0.15) is 0 Å². The van der Waals surface area contributed by atoms with Gasteiger partial charge in [-0.25, -0.2) is 0 Å². The second-order valence-electron chi connectivity index (χ2n) is 7.61. The van der Waals surface area contributed by atoms with Crippen molar-refractivity contribution in [1.29, 1.82) is 0 Å². The molecule has 0 aromatic carbocycles. The maximum atomic E-state index is 5.98. The lowest BCUT2D eigenvalue weighted by molar-refractivity contribution is 0.00985. The van der Waals surface area contributed by atoms with Gasteiger partial charge in [0.25, 0.3) is 0 Å². The van der Waals surface area contributed by atoms with E-state index in [0.717, 1.165) is 76.9 Å². The van der Waals surface area contributed by atoms with Crippen LogP contribution in [-0.2, 0) is 9.47 Å². The highest BCUT2D eigenvalue weighted by atomic mass is 127. The number of nitrogens with one attached hydrogen (secondary N) is 1. The minimum Gasteiger partial charge on any atom is -0.468 e. The maximum absolute atomic E-state index is 5.98. The van der Waals surface area contributed by atoms with Gasteiger partial charge in [0.15, 0.2) is 5.96 Å². The van der Waals surface area contributed by atoms with Gasteiger partial charge in [-0.1, -0.05) is 0 Å². The first-order valence-corrected chi connectivity index (χ1v) is 10.7. The van der Waals surface area contributed by atoms with Crippen molar-refractivity contribution in [2.24, 2.45) is 4.99 Å². The number of piperidine rings is 1. The molecule has 7 nitrogen and oxygen atoms in total. The van der Waals surface area contributed by atoms with Gasteiger partial charge in [-0.15, -0.1) is 24.0 Å². The molecule has 2 aliphatic rings. The number of aliphatic imine (C=N–C) groups is 1. The van der Waals surface area contributed by atoms with E-state index in [4.69, 9.17) is 13.9 Å².